The Hall–Kier alpha value is -1.36. The van der Waals surface area contributed by atoms with Gasteiger partial charge in [0.1, 0.15) is 0 Å². The van der Waals surface area contributed by atoms with Gasteiger partial charge < -0.3 is 16.8 Å². The summed E-state index contributed by atoms with van der Waals surface area (Å²) in [5.41, 5.74) is 12.8. The third-order valence-electron chi connectivity index (χ3n) is 2.28. The van der Waals surface area contributed by atoms with E-state index in [-0.39, 0.29) is 6.04 Å². The summed E-state index contributed by atoms with van der Waals surface area (Å²) in [7, 11) is 0. The lowest BCUT2D eigenvalue weighted by molar-refractivity contribution is 0.100. The van der Waals surface area contributed by atoms with Crippen molar-refractivity contribution in [2.24, 2.45) is 5.73 Å². The van der Waals surface area contributed by atoms with E-state index in [1.807, 2.05) is 11.8 Å². The van der Waals surface area contributed by atoms with E-state index in [0.717, 1.165) is 11.5 Å². The number of carbonyl (C=O) groups excluding carboxylic acids is 1. The molecule has 0 spiro atoms. The number of carbonyl (C=O) groups is 1. The monoisotopic (exact) mass is 253 g/mol. The summed E-state index contributed by atoms with van der Waals surface area (Å²) in [6, 6.07) is 5.34. The normalized spacial score (nSPS) is 12.1. The van der Waals surface area contributed by atoms with Gasteiger partial charge in [-0.2, -0.15) is 11.8 Å². The predicted octanol–water partition coefficient (Wildman–Crippen LogP) is 1.92. The lowest BCUT2D eigenvalue weighted by atomic mass is 10.1. The molecule has 0 aromatic heterocycles. The van der Waals surface area contributed by atoms with Crippen LogP contribution in [0.3, 0.4) is 0 Å². The van der Waals surface area contributed by atoms with Gasteiger partial charge in [0, 0.05) is 23.2 Å². The number of benzene rings is 1. The van der Waals surface area contributed by atoms with E-state index in [0.29, 0.717) is 16.9 Å². The molecule has 1 aromatic rings. The van der Waals surface area contributed by atoms with Crippen molar-refractivity contribution in [1.29, 1.82) is 0 Å². The average Bonchev–Trinajstić information content (AvgIpc) is 2.26. The summed E-state index contributed by atoms with van der Waals surface area (Å²) in [5, 5.41) is 3.27. The Morgan fingerprint density at radius 1 is 1.53 bits per heavy atom. The highest BCUT2D eigenvalue weighted by atomic mass is 32.2. The zero-order valence-corrected chi connectivity index (χ0v) is 11.0. The van der Waals surface area contributed by atoms with Gasteiger partial charge in [0.15, 0.2) is 0 Å². The average molecular weight is 253 g/mol. The first-order valence-electron chi connectivity index (χ1n) is 5.58. The van der Waals surface area contributed by atoms with Crippen molar-refractivity contribution in [3.05, 3.63) is 23.8 Å². The van der Waals surface area contributed by atoms with Crippen LogP contribution in [-0.4, -0.2) is 23.5 Å². The molecule has 0 saturated heterocycles. The smallest absolute Gasteiger partial charge is 0.250 e. The van der Waals surface area contributed by atoms with Crippen LogP contribution >= 0.6 is 11.8 Å². The summed E-state index contributed by atoms with van der Waals surface area (Å²) >= 11 is 1.84. The van der Waals surface area contributed by atoms with Gasteiger partial charge in [-0.05, 0) is 30.9 Å². The van der Waals surface area contributed by atoms with Crippen molar-refractivity contribution in [3.8, 4) is 0 Å². The van der Waals surface area contributed by atoms with Gasteiger partial charge in [-0.3, -0.25) is 4.79 Å². The van der Waals surface area contributed by atoms with Gasteiger partial charge in [0.05, 0.1) is 5.56 Å². The highest BCUT2D eigenvalue weighted by Crippen LogP contribution is 2.20. The first-order valence-corrected chi connectivity index (χ1v) is 6.73. The Morgan fingerprint density at radius 3 is 2.82 bits per heavy atom. The van der Waals surface area contributed by atoms with E-state index in [9.17, 15) is 4.79 Å². The number of hydrogen-bond donors (Lipinski definition) is 3. The molecule has 0 aliphatic rings. The van der Waals surface area contributed by atoms with Gasteiger partial charge in [-0.25, -0.2) is 0 Å². The summed E-state index contributed by atoms with van der Waals surface area (Å²) in [5.74, 6) is 1.61. The second-order valence-electron chi connectivity index (χ2n) is 3.87. The SMILES string of the molecule is CCSCC(C)Nc1cc(N)ccc1C(N)=O. The maximum absolute atomic E-state index is 11.3. The van der Waals surface area contributed by atoms with Crippen LogP contribution in [-0.2, 0) is 0 Å². The molecule has 5 N–H and O–H groups in total. The molecule has 1 rings (SSSR count). The third kappa shape index (κ3) is 4.19. The van der Waals surface area contributed by atoms with Gasteiger partial charge in [-0.15, -0.1) is 0 Å². The fourth-order valence-electron chi connectivity index (χ4n) is 1.50. The summed E-state index contributed by atoms with van der Waals surface area (Å²) in [6.07, 6.45) is 0. The van der Waals surface area contributed by atoms with E-state index < -0.39 is 5.91 Å². The minimum absolute atomic E-state index is 0.264. The minimum atomic E-state index is -0.442. The van der Waals surface area contributed by atoms with E-state index in [1.165, 1.54) is 0 Å². The lowest BCUT2D eigenvalue weighted by Gasteiger charge is -2.17. The zero-order valence-electron chi connectivity index (χ0n) is 10.2. The van der Waals surface area contributed by atoms with Crippen molar-refractivity contribution in [2.75, 3.05) is 22.6 Å². The number of nitrogens with one attached hydrogen (secondary N) is 1. The second kappa shape index (κ2) is 6.39. The van der Waals surface area contributed by atoms with Crippen molar-refractivity contribution >= 4 is 29.0 Å². The summed E-state index contributed by atoms with van der Waals surface area (Å²) in [4.78, 5) is 11.3. The van der Waals surface area contributed by atoms with Crippen LogP contribution in [0.5, 0.6) is 0 Å². The maximum atomic E-state index is 11.3. The van der Waals surface area contributed by atoms with Crippen molar-refractivity contribution in [2.45, 2.75) is 19.9 Å². The number of nitrogen functional groups attached to an aromatic ring is 1. The standard InChI is InChI=1S/C12H19N3OS/c1-3-17-7-8(2)15-11-6-9(13)4-5-10(11)12(14)16/h4-6,8,15H,3,7,13H2,1-2H3,(H2,14,16). The number of anilines is 2. The molecule has 1 amide bonds. The Bertz CT molecular complexity index is 395. The number of amides is 1. The number of nitrogens with two attached hydrogens (primary N) is 2. The molecule has 17 heavy (non-hydrogen) atoms. The molecule has 94 valence electrons. The zero-order chi connectivity index (χ0) is 12.8. The predicted molar refractivity (Wildman–Crippen MR) is 75.5 cm³/mol. The van der Waals surface area contributed by atoms with Crippen LogP contribution in [0.25, 0.3) is 0 Å². The van der Waals surface area contributed by atoms with E-state index in [2.05, 4.69) is 19.2 Å². The van der Waals surface area contributed by atoms with E-state index in [4.69, 9.17) is 11.5 Å². The molecule has 0 bridgehead atoms. The van der Waals surface area contributed by atoms with Crippen LogP contribution in [0, 0.1) is 0 Å². The van der Waals surface area contributed by atoms with Crippen LogP contribution in [0.2, 0.25) is 0 Å². The number of thioether (sulfide) groups is 1. The molecule has 0 aliphatic carbocycles. The Balaban J connectivity index is 2.81. The fraction of sp³-hybridized carbons (Fsp3) is 0.417. The van der Waals surface area contributed by atoms with E-state index in [1.54, 1.807) is 18.2 Å². The first kappa shape index (κ1) is 13.7. The Kier molecular flexibility index (Phi) is 5.15. The maximum Gasteiger partial charge on any atom is 0.250 e. The topological polar surface area (TPSA) is 81.1 Å². The Morgan fingerprint density at radius 2 is 2.24 bits per heavy atom. The Labute approximate surface area is 106 Å². The van der Waals surface area contributed by atoms with Gasteiger partial charge in [-0.1, -0.05) is 6.92 Å². The molecular formula is C12H19N3OS. The minimum Gasteiger partial charge on any atom is -0.399 e. The van der Waals surface area contributed by atoms with E-state index >= 15 is 0 Å². The molecule has 1 aromatic carbocycles. The molecule has 0 heterocycles. The highest BCUT2D eigenvalue weighted by molar-refractivity contribution is 7.99. The van der Waals surface area contributed by atoms with Gasteiger partial charge in [0.2, 0.25) is 0 Å². The fourth-order valence-corrected chi connectivity index (χ4v) is 2.17. The second-order valence-corrected chi connectivity index (χ2v) is 5.19. The molecule has 0 radical (unpaired) electrons. The van der Waals surface area contributed by atoms with Crippen molar-refractivity contribution < 1.29 is 4.79 Å². The van der Waals surface area contributed by atoms with Gasteiger partial charge >= 0.3 is 0 Å². The summed E-state index contributed by atoms with van der Waals surface area (Å²) in [6.45, 7) is 4.18. The third-order valence-corrected chi connectivity index (χ3v) is 3.43. The first-order chi connectivity index (χ1) is 8.04. The molecule has 0 fully saturated rings. The van der Waals surface area contributed by atoms with Gasteiger partial charge in [0.25, 0.3) is 5.91 Å². The molecule has 0 saturated carbocycles. The van der Waals surface area contributed by atoms with Crippen molar-refractivity contribution in [3.63, 3.8) is 0 Å². The van der Waals surface area contributed by atoms with Crippen LogP contribution in [0.15, 0.2) is 18.2 Å². The largest absolute Gasteiger partial charge is 0.399 e. The number of hydrogen-bond acceptors (Lipinski definition) is 4. The molecule has 5 heteroatoms. The number of rotatable bonds is 6. The molecule has 0 aliphatic heterocycles. The van der Waals surface area contributed by atoms with Crippen LogP contribution < -0.4 is 16.8 Å². The summed E-state index contributed by atoms with van der Waals surface area (Å²) < 4.78 is 0. The molecular weight excluding hydrogens is 234 g/mol. The van der Waals surface area contributed by atoms with Crippen LogP contribution in [0.1, 0.15) is 24.2 Å². The van der Waals surface area contributed by atoms with Crippen LogP contribution in [0.4, 0.5) is 11.4 Å². The van der Waals surface area contributed by atoms with Crippen molar-refractivity contribution in [1.82, 2.24) is 0 Å². The lowest BCUT2D eigenvalue weighted by Crippen LogP contribution is -2.22. The molecule has 4 nitrogen and oxygen atoms in total. The number of primary amides is 1. The highest BCUT2D eigenvalue weighted by Gasteiger charge is 2.10. The molecule has 1 atom stereocenters. The molecule has 1 unspecified atom stereocenters. The quantitative estimate of drug-likeness (QED) is 0.677.